The van der Waals surface area contributed by atoms with E-state index >= 15 is 0 Å². The molecule has 1 aliphatic carbocycles. The highest BCUT2D eigenvalue weighted by Crippen LogP contribution is 2.44. The van der Waals surface area contributed by atoms with Gasteiger partial charge in [-0.25, -0.2) is 9.59 Å². The number of alkyl carbamates (subject to hydrolysis) is 1. The standard InChI is InChI=1S/C49H70N10O14/c1-25(2)20-36(48(69)70)57-45(66)35(21-40(63)72-19-17-38(61)52-18-16-34(50)44(65)55-28(7)43(64)54-23-39(62)53-22-37(51)60)56-46(67)41(26(3)4)58-47(68)42(27(5)6)59-49(71)73-24-33-31-14-10-8-12-29(31)30-13-9-11-15-32(30)33/h8-15,25-28,33-36,41-42H,16-24,50H2,1-7H3,(H2,51,60)(H,52,61)(H,53,62)(H,54,64)(H,55,65)(H,56,67)(H,57,66)(H,58,68)(H,59,71)(H,69,70)/t28-,34+,35-,36-,41-,42-/m0/s1. The van der Waals surface area contributed by atoms with E-state index in [2.05, 4.69) is 42.5 Å². The molecule has 0 aromatic heterocycles. The van der Waals surface area contributed by atoms with Gasteiger partial charge < -0.3 is 68.6 Å². The predicted molar refractivity (Wildman–Crippen MR) is 263 cm³/mol. The highest BCUT2D eigenvalue weighted by molar-refractivity contribution is 5.97. The number of esters is 1. The van der Waals surface area contributed by atoms with E-state index in [4.69, 9.17) is 20.9 Å². The van der Waals surface area contributed by atoms with Crippen molar-refractivity contribution in [2.24, 2.45) is 29.2 Å². The summed E-state index contributed by atoms with van der Waals surface area (Å²) >= 11 is 0. The third-order valence-electron chi connectivity index (χ3n) is 11.5. The smallest absolute Gasteiger partial charge is 0.407 e. The molecule has 2 aromatic rings. The Labute approximate surface area is 423 Å². The summed E-state index contributed by atoms with van der Waals surface area (Å²) in [5, 5.41) is 29.2. The second kappa shape index (κ2) is 29.0. The minimum atomic E-state index is -1.71. The van der Waals surface area contributed by atoms with Gasteiger partial charge in [-0.15, -0.1) is 0 Å². The van der Waals surface area contributed by atoms with Gasteiger partial charge in [0.15, 0.2) is 0 Å². The van der Waals surface area contributed by atoms with Crippen molar-refractivity contribution in [1.82, 2.24) is 42.5 Å². The molecule has 24 nitrogen and oxygen atoms in total. The molecule has 0 bridgehead atoms. The Morgan fingerprint density at radius 3 is 1.74 bits per heavy atom. The van der Waals surface area contributed by atoms with Crippen LogP contribution in [0.4, 0.5) is 4.79 Å². The lowest BCUT2D eigenvalue weighted by atomic mass is 9.98. The number of fused-ring (bicyclic) bond motifs is 3. The Morgan fingerprint density at radius 1 is 0.616 bits per heavy atom. The number of hydrogen-bond acceptors (Lipinski definition) is 14. The van der Waals surface area contributed by atoms with Crippen LogP contribution in [0.15, 0.2) is 48.5 Å². The quantitative estimate of drug-likeness (QED) is 0.0443. The number of benzene rings is 2. The first-order chi connectivity index (χ1) is 34.4. The minimum Gasteiger partial charge on any atom is -0.480 e. The van der Waals surface area contributed by atoms with Crippen LogP contribution in [0.5, 0.6) is 0 Å². The molecule has 0 fully saturated rings. The first kappa shape index (κ1) is 59.7. The zero-order valence-corrected chi connectivity index (χ0v) is 42.2. The monoisotopic (exact) mass is 1020 g/mol. The average Bonchev–Trinajstić information content (AvgIpc) is 3.64. The first-order valence-electron chi connectivity index (χ1n) is 24.0. The van der Waals surface area contributed by atoms with Gasteiger partial charge in [0.25, 0.3) is 0 Å². The second-order valence-corrected chi connectivity index (χ2v) is 18.6. The van der Waals surface area contributed by atoms with Gasteiger partial charge in [0, 0.05) is 12.5 Å². The molecule has 6 atom stereocenters. The number of ether oxygens (including phenoxy) is 2. The summed E-state index contributed by atoms with van der Waals surface area (Å²) in [6, 6.07) is 7.71. The highest BCUT2D eigenvalue weighted by atomic mass is 16.5. The number of nitrogens with one attached hydrogen (secondary N) is 8. The fourth-order valence-corrected chi connectivity index (χ4v) is 7.54. The van der Waals surface area contributed by atoms with E-state index in [0.29, 0.717) is 0 Å². The zero-order valence-electron chi connectivity index (χ0n) is 42.2. The van der Waals surface area contributed by atoms with Gasteiger partial charge in [-0.2, -0.15) is 0 Å². The Hall–Kier alpha value is -7.63. The van der Waals surface area contributed by atoms with Gasteiger partial charge in [-0.05, 0) is 59.8 Å². The maximum absolute atomic E-state index is 13.9. The van der Waals surface area contributed by atoms with Crippen LogP contribution in [0.3, 0.4) is 0 Å². The fraction of sp³-hybridized carbons (Fsp3) is 0.531. The van der Waals surface area contributed by atoms with Crippen molar-refractivity contribution in [3.8, 4) is 11.1 Å². The van der Waals surface area contributed by atoms with Gasteiger partial charge in [0.2, 0.25) is 47.3 Å². The van der Waals surface area contributed by atoms with Crippen LogP contribution in [0.2, 0.25) is 0 Å². The van der Waals surface area contributed by atoms with E-state index in [-0.39, 0.29) is 44.2 Å². The van der Waals surface area contributed by atoms with Crippen LogP contribution in [0.25, 0.3) is 11.1 Å². The number of amides is 9. The second-order valence-electron chi connectivity index (χ2n) is 18.6. The number of nitrogens with two attached hydrogens (primary N) is 2. The third kappa shape index (κ3) is 19.5. The van der Waals surface area contributed by atoms with E-state index < -0.39 is 139 Å². The molecule has 73 heavy (non-hydrogen) atoms. The molecular formula is C49H70N10O14. The molecule has 0 unspecified atom stereocenters. The van der Waals surface area contributed by atoms with Crippen molar-refractivity contribution < 1.29 is 67.3 Å². The van der Waals surface area contributed by atoms with Crippen LogP contribution in [-0.4, -0.2) is 139 Å². The zero-order chi connectivity index (χ0) is 54.5. The van der Waals surface area contributed by atoms with Crippen molar-refractivity contribution in [2.75, 3.05) is 32.8 Å². The molecule has 2 aromatic carbocycles. The van der Waals surface area contributed by atoms with Crippen LogP contribution >= 0.6 is 0 Å². The number of aliphatic carboxylic acids is 1. The summed E-state index contributed by atoms with van der Waals surface area (Å²) in [4.78, 5) is 140. The molecule has 0 radical (unpaired) electrons. The maximum Gasteiger partial charge on any atom is 0.407 e. The molecule has 13 N–H and O–H groups in total. The van der Waals surface area contributed by atoms with Crippen LogP contribution in [-0.2, 0) is 57.4 Å². The fourth-order valence-electron chi connectivity index (χ4n) is 7.54. The lowest BCUT2D eigenvalue weighted by Gasteiger charge is -2.28. The highest BCUT2D eigenvalue weighted by Gasteiger charge is 2.36. The summed E-state index contributed by atoms with van der Waals surface area (Å²) in [6.45, 7) is 9.89. The number of carboxylic acids is 1. The van der Waals surface area contributed by atoms with Gasteiger partial charge in [-0.3, -0.25) is 43.2 Å². The van der Waals surface area contributed by atoms with Crippen molar-refractivity contribution >= 4 is 65.3 Å². The molecule has 0 spiro atoms. The van der Waals surface area contributed by atoms with Gasteiger partial charge >= 0.3 is 18.0 Å². The molecule has 0 saturated carbocycles. The molecule has 3 rings (SSSR count). The van der Waals surface area contributed by atoms with Crippen LogP contribution in [0.1, 0.15) is 91.2 Å². The molecule has 24 heteroatoms. The molecule has 0 saturated heterocycles. The van der Waals surface area contributed by atoms with Crippen LogP contribution < -0.4 is 54.0 Å². The topological polar surface area (TPSA) is 375 Å². The van der Waals surface area contributed by atoms with Crippen molar-refractivity contribution in [1.29, 1.82) is 0 Å². The van der Waals surface area contributed by atoms with Crippen LogP contribution in [0, 0.1) is 17.8 Å². The normalized spacial score (nSPS) is 14.1. The van der Waals surface area contributed by atoms with Gasteiger partial charge in [0.05, 0.1) is 32.0 Å². The lowest BCUT2D eigenvalue weighted by Crippen LogP contribution is -2.60. The number of carbonyl (C=O) groups excluding carboxylic acids is 10. The first-order valence-corrected chi connectivity index (χ1v) is 24.0. The maximum atomic E-state index is 13.9. The van der Waals surface area contributed by atoms with Gasteiger partial charge in [0.1, 0.15) is 43.4 Å². The summed E-state index contributed by atoms with van der Waals surface area (Å²) < 4.78 is 10.9. The minimum absolute atomic E-state index is 0.00810. The summed E-state index contributed by atoms with van der Waals surface area (Å²) in [5.74, 6) is -10.2. The van der Waals surface area contributed by atoms with E-state index in [9.17, 15) is 57.8 Å². The number of rotatable bonds is 29. The average molecular weight is 1020 g/mol. The number of hydrogen-bond donors (Lipinski definition) is 11. The molecular weight excluding hydrogens is 953 g/mol. The number of primary amides is 1. The van der Waals surface area contributed by atoms with E-state index in [1.165, 1.54) is 6.92 Å². The molecule has 9 amide bonds. The lowest BCUT2D eigenvalue weighted by molar-refractivity contribution is -0.147. The summed E-state index contributed by atoms with van der Waals surface area (Å²) in [5.41, 5.74) is 14.9. The van der Waals surface area contributed by atoms with Crippen molar-refractivity contribution in [3.63, 3.8) is 0 Å². The Morgan fingerprint density at radius 2 is 1.18 bits per heavy atom. The third-order valence-corrected chi connectivity index (χ3v) is 11.5. The molecule has 1 aliphatic rings. The van der Waals surface area contributed by atoms with E-state index in [1.54, 1.807) is 41.5 Å². The van der Waals surface area contributed by atoms with E-state index in [1.807, 2.05) is 48.5 Å². The largest absolute Gasteiger partial charge is 0.480 e. The molecule has 0 heterocycles. The number of carbonyl (C=O) groups is 11. The number of carboxylic acid groups (broad SMARTS) is 1. The van der Waals surface area contributed by atoms with Gasteiger partial charge in [-0.1, -0.05) is 90.1 Å². The predicted octanol–water partition coefficient (Wildman–Crippen LogP) is -0.830. The van der Waals surface area contributed by atoms with Crippen molar-refractivity contribution in [3.05, 3.63) is 59.7 Å². The Bertz CT molecular complexity index is 2280. The van der Waals surface area contributed by atoms with E-state index in [0.717, 1.165) is 22.3 Å². The summed E-state index contributed by atoms with van der Waals surface area (Å²) in [6.07, 6.45) is -2.12. The summed E-state index contributed by atoms with van der Waals surface area (Å²) in [7, 11) is 0. The van der Waals surface area contributed by atoms with Crippen molar-refractivity contribution in [2.45, 2.75) is 116 Å². The Kier molecular flexibility index (Phi) is 23.7. The SMILES string of the molecule is CC(C)C[C@H](NC(=O)[C@H](CC(=O)OCCC(=O)NCC[C@@H](N)C(=O)N[C@@H](C)C(=O)NCC(=O)NCC(N)=O)NC(=O)[C@@H](NC(=O)[C@@H](NC(=O)OCC1c2ccccc2-c2ccccc21)C(C)C)C(C)C)C(=O)O. The molecule has 400 valence electrons. The Balaban J connectivity index is 1.58. The molecule has 0 aliphatic heterocycles.